The van der Waals surface area contributed by atoms with Gasteiger partial charge in [0.2, 0.25) is 0 Å². The largest absolute Gasteiger partial charge is 0.455 e. The zero-order valence-corrected chi connectivity index (χ0v) is 16.0. The van der Waals surface area contributed by atoms with Gasteiger partial charge in [0, 0.05) is 24.5 Å². The van der Waals surface area contributed by atoms with Crippen molar-refractivity contribution >= 4 is 21.6 Å². The van der Waals surface area contributed by atoms with Crippen LogP contribution in [0, 0.1) is 11.8 Å². The van der Waals surface area contributed by atoms with Gasteiger partial charge in [-0.25, -0.2) is 0 Å². The van der Waals surface area contributed by atoms with Crippen molar-refractivity contribution in [2.45, 2.75) is 90.1 Å². The van der Waals surface area contributed by atoms with Crippen molar-refractivity contribution in [1.29, 1.82) is 0 Å². The van der Waals surface area contributed by atoms with Crippen LogP contribution in [0.1, 0.15) is 78.1 Å². The van der Waals surface area contributed by atoms with Crippen LogP contribution in [-0.2, 0) is 0 Å². The Morgan fingerprint density at radius 2 is 1.14 bits per heavy atom. The fraction of sp³-hybridized carbons (Fsp3) is 0.889. The van der Waals surface area contributed by atoms with Gasteiger partial charge < -0.3 is 9.62 Å². The quantitative estimate of drug-likeness (QED) is 0.615. The lowest BCUT2D eigenvalue weighted by atomic mass is 9.80. The van der Waals surface area contributed by atoms with Crippen LogP contribution in [0.2, 0.25) is 0 Å². The molecule has 0 aromatic rings. The van der Waals surface area contributed by atoms with Crippen LogP contribution in [0.4, 0.5) is 0 Å². The average Bonchev–Trinajstić information content (AvgIpc) is 2.96. The van der Waals surface area contributed by atoms with Crippen LogP contribution in [0.3, 0.4) is 0 Å². The maximum absolute atomic E-state index is 3.99. The van der Waals surface area contributed by atoms with E-state index in [1.165, 1.54) is 64.2 Å². The molecule has 2 aliphatic carbocycles. The first-order chi connectivity index (χ1) is 10.7. The van der Waals surface area contributed by atoms with Gasteiger partial charge >= 0.3 is 5.81 Å². The van der Waals surface area contributed by atoms with E-state index in [1.54, 1.807) is 0 Å². The summed E-state index contributed by atoms with van der Waals surface area (Å²) < 4.78 is 0. The summed E-state index contributed by atoms with van der Waals surface area (Å²) in [6.45, 7) is 4.87. The normalized spacial score (nSPS) is 27.5. The third-order valence-corrected chi connectivity index (χ3v) is 7.45. The van der Waals surface area contributed by atoms with Gasteiger partial charge in [0.05, 0.1) is 0 Å². The first-order valence-corrected chi connectivity index (χ1v) is 10.5. The molecule has 3 rings (SSSR count). The summed E-state index contributed by atoms with van der Waals surface area (Å²) >= 11 is 3.99. The van der Waals surface area contributed by atoms with Crippen LogP contribution in [0.15, 0.2) is 12.4 Å². The number of hydrogen-bond donors (Lipinski definition) is 0. The SMILES string of the molecule is C[C@@H](C1CCCCC1)N1C=CN([C@@H](C)C2CCCCC2)B1Br. The van der Waals surface area contributed by atoms with Crippen molar-refractivity contribution < 1.29 is 0 Å². The zero-order chi connectivity index (χ0) is 15.5. The summed E-state index contributed by atoms with van der Waals surface area (Å²) in [6, 6.07) is 1.31. The maximum atomic E-state index is 3.99. The Labute approximate surface area is 145 Å². The lowest BCUT2D eigenvalue weighted by molar-refractivity contribution is 0.223. The Balaban J connectivity index is 1.59. The summed E-state index contributed by atoms with van der Waals surface area (Å²) in [7, 11) is 0. The molecule has 0 unspecified atom stereocenters. The molecule has 124 valence electrons. The Morgan fingerprint density at radius 1 is 0.773 bits per heavy atom. The van der Waals surface area contributed by atoms with E-state index < -0.39 is 0 Å². The Morgan fingerprint density at radius 3 is 1.50 bits per heavy atom. The van der Waals surface area contributed by atoms with E-state index in [4.69, 9.17) is 0 Å². The second kappa shape index (κ2) is 7.64. The molecule has 0 amide bonds. The molecule has 22 heavy (non-hydrogen) atoms. The van der Waals surface area contributed by atoms with Crippen LogP contribution in [0.25, 0.3) is 0 Å². The molecule has 0 N–H and O–H groups in total. The van der Waals surface area contributed by atoms with Gasteiger partial charge in [-0.05, 0) is 51.4 Å². The van der Waals surface area contributed by atoms with E-state index in [0.717, 1.165) is 11.8 Å². The molecule has 4 heteroatoms. The van der Waals surface area contributed by atoms with E-state index in [0.29, 0.717) is 17.9 Å². The minimum atomic E-state index is 0.362. The van der Waals surface area contributed by atoms with E-state index in [-0.39, 0.29) is 0 Å². The van der Waals surface area contributed by atoms with E-state index in [1.807, 2.05) is 0 Å². The minimum Gasteiger partial charge on any atom is -0.388 e. The van der Waals surface area contributed by atoms with Gasteiger partial charge in [0.15, 0.2) is 0 Å². The number of nitrogens with zero attached hydrogens (tertiary/aromatic N) is 2. The van der Waals surface area contributed by atoms with Gasteiger partial charge in [0.25, 0.3) is 0 Å². The summed E-state index contributed by atoms with van der Waals surface area (Å²) in [5.74, 6) is 2.12. The Kier molecular flexibility index (Phi) is 5.81. The summed E-state index contributed by atoms with van der Waals surface area (Å²) in [6.07, 6.45) is 19.0. The predicted octanol–water partition coefficient (Wildman–Crippen LogP) is 5.39. The molecule has 0 radical (unpaired) electrons. The van der Waals surface area contributed by atoms with E-state index in [9.17, 15) is 0 Å². The number of hydrogen-bond acceptors (Lipinski definition) is 2. The van der Waals surface area contributed by atoms with Gasteiger partial charge in [-0.1, -0.05) is 54.3 Å². The molecule has 0 aromatic carbocycles. The highest BCUT2D eigenvalue weighted by atomic mass is 79.9. The molecule has 1 heterocycles. The van der Waals surface area contributed by atoms with Crippen LogP contribution < -0.4 is 0 Å². The van der Waals surface area contributed by atoms with Crippen molar-refractivity contribution in [3.8, 4) is 0 Å². The molecule has 3 aliphatic rings. The average molecular weight is 367 g/mol. The predicted molar refractivity (Wildman–Crippen MR) is 99.6 cm³/mol. The molecule has 0 aromatic heterocycles. The standard InChI is InChI=1S/C18H32BBrN2/c1-15(17-9-5-3-6-10-17)21-13-14-22(19(21)20)16(2)18-11-7-4-8-12-18/h13-18H,3-12H2,1-2H3/t15-,16-/m0/s1. The Hall–Kier alpha value is -0.115. The molecule has 0 saturated heterocycles. The van der Waals surface area contributed by atoms with Crippen molar-refractivity contribution in [2.75, 3.05) is 0 Å². The maximum Gasteiger partial charge on any atom is 0.455 e. The molecule has 2 nitrogen and oxygen atoms in total. The van der Waals surface area contributed by atoms with Crippen molar-refractivity contribution in [3.63, 3.8) is 0 Å². The fourth-order valence-electron chi connectivity index (χ4n) is 4.83. The fourth-order valence-corrected chi connectivity index (χ4v) is 5.85. The number of rotatable bonds is 4. The highest BCUT2D eigenvalue weighted by Crippen LogP contribution is 2.35. The summed E-state index contributed by atoms with van der Waals surface area (Å²) in [4.78, 5) is 5.13. The van der Waals surface area contributed by atoms with E-state index >= 15 is 0 Å². The summed E-state index contributed by atoms with van der Waals surface area (Å²) in [5, 5.41) is 0. The second-order valence-electron chi connectivity index (χ2n) is 7.78. The molecule has 1 aliphatic heterocycles. The lowest BCUT2D eigenvalue weighted by Crippen LogP contribution is -2.50. The molecule has 2 fully saturated rings. The van der Waals surface area contributed by atoms with Crippen LogP contribution >= 0.6 is 15.8 Å². The van der Waals surface area contributed by atoms with Gasteiger partial charge in [-0.15, -0.1) is 0 Å². The lowest BCUT2D eigenvalue weighted by Gasteiger charge is -2.40. The molecule has 2 saturated carbocycles. The smallest absolute Gasteiger partial charge is 0.388 e. The number of halogens is 1. The minimum absolute atomic E-state index is 0.362. The second-order valence-corrected chi connectivity index (χ2v) is 8.60. The molecular weight excluding hydrogens is 335 g/mol. The molecule has 0 spiro atoms. The van der Waals surface area contributed by atoms with E-state index in [2.05, 4.69) is 51.6 Å². The summed E-state index contributed by atoms with van der Waals surface area (Å²) in [5.41, 5.74) is 0. The van der Waals surface area contributed by atoms with Crippen LogP contribution in [-0.4, -0.2) is 27.5 Å². The first kappa shape index (κ1) is 16.7. The Bertz CT molecular complexity index is 343. The third-order valence-electron chi connectivity index (χ3n) is 6.51. The van der Waals surface area contributed by atoms with Gasteiger partial charge in [-0.3, -0.25) is 0 Å². The topological polar surface area (TPSA) is 6.48 Å². The van der Waals surface area contributed by atoms with Gasteiger partial charge in [-0.2, -0.15) is 0 Å². The molecule has 2 atom stereocenters. The van der Waals surface area contributed by atoms with Crippen molar-refractivity contribution in [1.82, 2.24) is 9.62 Å². The monoisotopic (exact) mass is 366 g/mol. The zero-order valence-electron chi connectivity index (χ0n) is 14.4. The van der Waals surface area contributed by atoms with Crippen LogP contribution in [0.5, 0.6) is 0 Å². The van der Waals surface area contributed by atoms with Gasteiger partial charge in [0.1, 0.15) is 0 Å². The highest BCUT2D eigenvalue weighted by molar-refractivity contribution is 9.24. The first-order valence-electron chi connectivity index (χ1n) is 9.56. The third kappa shape index (κ3) is 3.52. The molecular formula is C18H32BBrN2. The van der Waals surface area contributed by atoms with Crippen molar-refractivity contribution in [3.05, 3.63) is 12.4 Å². The highest BCUT2D eigenvalue weighted by Gasteiger charge is 2.39. The van der Waals surface area contributed by atoms with Crippen molar-refractivity contribution in [2.24, 2.45) is 11.8 Å². The molecule has 0 bridgehead atoms.